The molecule has 2 heterocycles. The van der Waals surface area contributed by atoms with Gasteiger partial charge >= 0.3 is 0 Å². The summed E-state index contributed by atoms with van der Waals surface area (Å²) < 4.78 is 5.02. The molecule has 2 aromatic heterocycles. The Kier molecular flexibility index (Phi) is 1.51. The van der Waals surface area contributed by atoms with Gasteiger partial charge in [0.1, 0.15) is 0 Å². The normalized spacial score (nSPS) is 10.3. The van der Waals surface area contributed by atoms with Gasteiger partial charge in [0.15, 0.2) is 5.76 Å². The topological polar surface area (TPSA) is 26.0 Å². The molecule has 0 saturated carbocycles. The van der Waals surface area contributed by atoms with Gasteiger partial charge in [0.2, 0.25) is 0 Å². The fourth-order valence-corrected chi connectivity index (χ4v) is 1.84. The third-order valence-electron chi connectivity index (χ3n) is 1.52. The van der Waals surface area contributed by atoms with Crippen molar-refractivity contribution in [2.45, 2.75) is 6.92 Å². The van der Waals surface area contributed by atoms with Crippen LogP contribution in [0.4, 0.5) is 0 Å². The van der Waals surface area contributed by atoms with Crippen LogP contribution in [0.3, 0.4) is 0 Å². The molecule has 2 nitrogen and oxygen atoms in total. The summed E-state index contributed by atoms with van der Waals surface area (Å²) in [6.07, 6.45) is 1.66. The molecule has 0 aliphatic rings. The van der Waals surface area contributed by atoms with E-state index < -0.39 is 0 Å². The van der Waals surface area contributed by atoms with E-state index in [4.69, 9.17) is 4.52 Å². The zero-order valence-electron chi connectivity index (χ0n) is 6.07. The van der Waals surface area contributed by atoms with Crippen LogP contribution in [0.25, 0.3) is 10.6 Å². The van der Waals surface area contributed by atoms with Crippen LogP contribution < -0.4 is 0 Å². The van der Waals surface area contributed by atoms with Gasteiger partial charge in [0.05, 0.1) is 11.1 Å². The number of aryl methyl sites for hydroxylation is 1. The van der Waals surface area contributed by atoms with Gasteiger partial charge in [-0.15, -0.1) is 11.3 Å². The van der Waals surface area contributed by atoms with E-state index in [0.717, 1.165) is 5.76 Å². The highest BCUT2D eigenvalue weighted by Gasteiger charge is 2.05. The molecule has 0 atom stereocenters. The summed E-state index contributed by atoms with van der Waals surface area (Å²) in [5, 5.41) is 5.70. The Morgan fingerprint density at radius 3 is 2.91 bits per heavy atom. The van der Waals surface area contributed by atoms with Crippen molar-refractivity contribution < 1.29 is 4.52 Å². The summed E-state index contributed by atoms with van der Waals surface area (Å²) in [7, 11) is 0. The highest BCUT2D eigenvalue weighted by Crippen LogP contribution is 2.27. The third kappa shape index (κ3) is 1.07. The van der Waals surface area contributed by atoms with E-state index in [0.29, 0.717) is 0 Å². The van der Waals surface area contributed by atoms with Crippen molar-refractivity contribution in [2.75, 3.05) is 0 Å². The van der Waals surface area contributed by atoms with Crippen molar-refractivity contribution in [3.8, 4) is 10.6 Å². The molecule has 0 aromatic carbocycles. The maximum atomic E-state index is 5.02. The molecule has 56 valence electrons. The van der Waals surface area contributed by atoms with E-state index in [1.165, 1.54) is 10.4 Å². The summed E-state index contributed by atoms with van der Waals surface area (Å²) in [5.41, 5.74) is 1.24. The Bertz CT molecular complexity index is 337. The first-order valence-electron chi connectivity index (χ1n) is 3.33. The second kappa shape index (κ2) is 2.51. The lowest BCUT2D eigenvalue weighted by Gasteiger charge is -1.89. The van der Waals surface area contributed by atoms with Crippen LogP contribution in [0.2, 0.25) is 0 Å². The van der Waals surface area contributed by atoms with Crippen LogP contribution in [-0.2, 0) is 0 Å². The van der Waals surface area contributed by atoms with Crippen molar-refractivity contribution in [3.05, 3.63) is 29.3 Å². The molecular weight excluding hydrogens is 158 g/mol. The van der Waals surface area contributed by atoms with E-state index in [9.17, 15) is 0 Å². The SMILES string of the molecule is Cc1ccsc1-c1ccno1. The van der Waals surface area contributed by atoms with Gasteiger partial charge in [-0.2, -0.15) is 0 Å². The monoisotopic (exact) mass is 165 g/mol. The minimum absolute atomic E-state index is 0.859. The van der Waals surface area contributed by atoms with Crippen LogP contribution in [0.5, 0.6) is 0 Å². The lowest BCUT2D eigenvalue weighted by molar-refractivity contribution is 0.433. The Morgan fingerprint density at radius 2 is 2.36 bits per heavy atom. The average Bonchev–Trinajstić information content (AvgIpc) is 2.55. The van der Waals surface area contributed by atoms with Gasteiger partial charge in [-0.3, -0.25) is 0 Å². The second-order valence-electron chi connectivity index (χ2n) is 2.31. The van der Waals surface area contributed by atoms with Crippen LogP contribution in [0.1, 0.15) is 5.56 Å². The maximum Gasteiger partial charge on any atom is 0.177 e. The minimum Gasteiger partial charge on any atom is -0.355 e. The first-order valence-corrected chi connectivity index (χ1v) is 4.21. The summed E-state index contributed by atoms with van der Waals surface area (Å²) in [4.78, 5) is 1.17. The molecule has 3 heteroatoms. The van der Waals surface area contributed by atoms with E-state index in [1.54, 1.807) is 17.5 Å². The summed E-state index contributed by atoms with van der Waals surface area (Å²) in [6, 6.07) is 3.95. The Balaban J connectivity index is 2.53. The van der Waals surface area contributed by atoms with Crippen molar-refractivity contribution in [2.24, 2.45) is 0 Å². The van der Waals surface area contributed by atoms with Gasteiger partial charge in [-0.05, 0) is 23.9 Å². The number of aromatic nitrogens is 1. The van der Waals surface area contributed by atoms with E-state index in [-0.39, 0.29) is 0 Å². The van der Waals surface area contributed by atoms with Crippen molar-refractivity contribution >= 4 is 11.3 Å². The first-order chi connectivity index (χ1) is 5.38. The van der Waals surface area contributed by atoms with Gasteiger partial charge in [0.25, 0.3) is 0 Å². The smallest absolute Gasteiger partial charge is 0.177 e. The van der Waals surface area contributed by atoms with Gasteiger partial charge in [0, 0.05) is 6.07 Å². The number of hydrogen-bond donors (Lipinski definition) is 0. The molecule has 0 spiro atoms. The molecule has 0 amide bonds. The Labute approximate surface area is 68.5 Å². The lowest BCUT2D eigenvalue weighted by atomic mass is 10.2. The molecule has 2 aromatic rings. The highest BCUT2D eigenvalue weighted by molar-refractivity contribution is 7.13. The van der Waals surface area contributed by atoms with Crippen LogP contribution in [-0.4, -0.2) is 5.16 Å². The van der Waals surface area contributed by atoms with Gasteiger partial charge in [-0.1, -0.05) is 5.16 Å². The quantitative estimate of drug-likeness (QED) is 0.649. The summed E-state index contributed by atoms with van der Waals surface area (Å²) in [6.45, 7) is 2.06. The van der Waals surface area contributed by atoms with Crippen molar-refractivity contribution in [3.63, 3.8) is 0 Å². The molecule has 0 bridgehead atoms. The number of thiophene rings is 1. The summed E-state index contributed by atoms with van der Waals surface area (Å²) in [5.74, 6) is 0.859. The molecule has 11 heavy (non-hydrogen) atoms. The fraction of sp³-hybridized carbons (Fsp3) is 0.125. The largest absolute Gasteiger partial charge is 0.355 e. The molecule has 0 aliphatic carbocycles. The molecule has 0 fully saturated rings. The maximum absolute atomic E-state index is 5.02. The van der Waals surface area contributed by atoms with E-state index in [2.05, 4.69) is 18.1 Å². The Hall–Kier alpha value is -1.09. The predicted molar refractivity (Wildman–Crippen MR) is 44.6 cm³/mol. The molecular formula is C8H7NOS. The molecule has 0 saturated heterocycles. The van der Waals surface area contributed by atoms with E-state index >= 15 is 0 Å². The summed E-state index contributed by atoms with van der Waals surface area (Å²) >= 11 is 1.67. The Morgan fingerprint density at radius 1 is 1.45 bits per heavy atom. The lowest BCUT2D eigenvalue weighted by Crippen LogP contribution is -1.68. The predicted octanol–water partition coefficient (Wildman–Crippen LogP) is 2.71. The van der Waals surface area contributed by atoms with Gasteiger partial charge in [-0.25, -0.2) is 0 Å². The molecule has 0 unspecified atom stereocenters. The second-order valence-corrected chi connectivity index (χ2v) is 3.23. The molecule has 2 rings (SSSR count). The van der Waals surface area contributed by atoms with E-state index in [1.807, 2.05) is 11.4 Å². The van der Waals surface area contributed by atoms with Crippen molar-refractivity contribution in [1.29, 1.82) is 0 Å². The first kappa shape index (κ1) is 6.61. The fourth-order valence-electron chi connectivity index (χ4n) is 0.958. The number of nitrogens with zero attached hydrogens (tertiary/aromatic N) is 1. The third-order valence-corrected chi connectivity index (χ3v) is 2.55. The average molecular weight is 165 g/mol. The molecule has 0 aliphatic heterocycles. The standard InChI is InChI=1S/C8H7NOS/c1-6-3-5-11-8(6)7-2-4-9-10-7/h2-5H,1H3. The van der Waals surface area contributed by atoms with Crippen LogP contribution >= 0.6 is 11.3 Å². The van der Waals surface area contributed by atoms with Crippen LogP contribution in [0, 0.1) is 6.92 Å². The van der Waals surface area contributed by atoms with Crippen molar-refractivity contribution in [1.82, 2.24) is 5.16 Å². The number of rotatable bonds is 1. The van der Waals surface area contributed by atoms with Gasteiger partial charge < -0.3 is 4.52 Å². The van der Waals surface area contributed by atoms with Crippen LogP contribution in [0.15, 0.2) is 28.2 Å². The molecule has 0 radical (unpaired) electrons. The minimum atomic E-state index is 0.859. The zero-order chi connectivity index (χ0) is 7.68. The molecule has 0 N–H and O–H groups in total. The zero-order valence-corrected chi connectivity index (χ0v) is 6.89. The number of hydrogen-bond acceptors (Lipinski definition) is 3. The highest BCUT2D eigenvalue weighted by atomic mass is 32.1.